The highest BCUT2D eigenvalue weighted by molar-refractivity contribution is 5.67. The van der Waals surface area contributed by atoms with Gasteiger partial charge in [-0.25, -0.2) is 5.90 Å². The van der Waals surface area contributed by atoms with Crippen LogP contribution in [0.15, 0.2) is 24.3 Å². The van der Waals surface area contributed by atoms with E-state index in [2.05, 4.69) is 4.84 Å². The summed E-state index contributed by atoms with van der Waals surface area (Å²) in [5.41, 5.74) is 1.84. The van der Waals surface area contributed by atoms with Crippen LogP contribution in [0.1, 0.15) is 23.7 Å². The third-order valence-corrected chi connectivity index (χ3v) is 1.94. The number of carbonyl (C=O) groups is 1. The van der Waals surface area contributed by atoms with E-state index in [0.717, 1.165) is 11.1 Å². The zero-order valence-electron chi connectivity index (χ0n) is 7.93. The van der Waals surface area contributed by atoms with Crippen molar-refractivity contribution in [1.82, 2.24) is 0 Å². The molecule has 4 heteroatoms. The molecule has 1 atom stereocenters. The van der Waals surface area contributed by atoms with Crippen molar-refractivity contribution < 1.29 is 14.7 Å². The number of carboxylic acids is 1. The maximum absolute atomic E-state index is 10.5. The highest BCUT2D eigenvalue weighted by Crippen LogP contribution is 2.20. The molecule has 1 unspecified atom stereocenters. The summed E-state index contributed by atoms with van der Waals surface area (Å²) >= 11 is 0. The fourth-order valence-electron chi connectivity index (χ4n) is 1.27. The lowest BCUT2D eigenvalue weighted by Gasteiger charge is -2.12. The van der Waals surface area contributed by atoms with Crippen LogP contribution in [0.3, 0.4) is 0 Å². The van der Waals surface area contributed by atoms with Gasteiger partial charge in [0.05, 0.1) is 6.42 Å². The van der Waals surface area contributed by atoms with Crippen molar-refractivity contribution >= 4 is 5.97 Å². The minimum atomic E-state index is -0.929. The Kier molecular flexibility index (Phi) is 3.62. The van der Waals surface area contributed by atoms with E-state index in [1.165, 1.54) is 0 Å². The summed E-state index contributed by atoms with van der Waals surface area (Å²) in [6.07, 6.45) is -0.702. The first-order valence-corrected chi connectivity index (χ1v) is 4.27. The second kappa shape index (κ2) is 4.74. The molecule has 0 aliphatic heterocycles. The van der Waals surface area contributed by atoms with E-state index in [9.17, 15) is 4.79 Å². The molecule has 1 rings (SSSR count). The van der Waals surface area contributed by atoms with Gasteiger partial charge in [0, 0.05) is 0 Å². The molecule has 1 aromatic rings. The number of hydrogen-bond acceptors (Lipinski definition) is 3. The molecule has 0 amide bonds. The minimum absolute atomic E-state index is 0.125. The molecule has 4 nitrogen and oxygen atoms in total. The van der Waals surface area contributed by atoms with Gasteiger partial charge in [-0.3, -0.25) is 9.63 Å². The van der Waals surface area contributed by atoms with Gasteiger partial charge in [0.1, 0.15) is 6.10 Å². The Hall–Kier alpha value is -1.39. The van der Waals surface area contributed by atoms with Crippen LogP contribution in [0.5, 0.6) is 0 Å². The molecule has 14 heavy (non-hydrogen) atoms. The molecule has 0 bridgehead atoms. The molecule has 0 aliphatic rings. The van der Waals surface area contributed by atoms with E-state index < -0.39 is 12.1 Å². The highest BCUT2D eigenvalue weighted by Gasteiger charge is 2.15. The molecule has 0 saturated heterocycles. The van der Waals surface area contributed by atoms with E-state index in [1.54, 1.807) is 6.07 Å². The van der Waals surface area contributed by atoms with Crippen LogP contribution in [-0.4, -0.2) is 11.1 Å². The van der Waals surface area contributed by atoms with Crippen molar-refractivity contribution in [3.05, 3.63) is 35.4 Å². The molecule has 0 heterocycles. The van der Waals surface area contributed by atoms with E-state index in [1.807, 2.05) is 25.1 Å². The largest absolute Gasteiger partial charge is 0.481 e. The number of carboxylic acid groups (broad SMARTS) is 1. The zero-order chi connectivity index (χ0) is 10.6. The average molecular weight is 195 g/mol. The van der Waals surface area contributed by atoms with Crippen molar-refractivity contribution in [3.63, 3.8) is 0 Å². The van der Waals surface area contributed by atoms with Crippen LogP contribution in [0.25, 0.3) is 0 Å². The van der Waals surface area contributed by atoms with E-state index in [-0.39, 0.29) is 6.42 Å². The van der Waals surface area contributed by atoms with Gasteiger partial charge in [-0.2, -0.15) is 0 Å². The van der Waals surface area contributed by atoms with E-state index >= 15 is 0 Å². The Labute approximate surface area is 82.3 Å². The van der Waals surface area contributed by atoms with Crippen molar-refractivity contribution in [2.24, 2.45) is 5.90 Å². The molecule has 0 saturated carbocycles. The molecule has 3 N–H and O–H groups in total. The van der Waals surface area contributed by atoms with Crippen LogP contribution in [-0.2, 0) is 9.63 Å². The standard InChI is InChI=1S/C10H13NO3/c1-7-3-2-4-8(5-7)9(14-11)6-10(12)13/h2-5,9H,6,11H2,1H3,(H,12,13). The highest BCUT2D eigenvalue weighted by atomic mass is 16.6. The summed E-state index contributed by atoms with van der Waals surface area (Å²) in [5, 5.41) is 8.61. The lowest BCUT2D eigenvalue weighted by atomic mass is 10.0. The average Bonchev–Trinajstić information content (AvgIpc) is 2.14. The molecule has 76 valence electrons. The molecule has 0 aromatic heterocycles. The Balaban J connectivity index is 2.83. The number of hydrogen-bond donors (Lipinski definition) is 2. The number of benzene rings is 1. The maximum atomic E-state index is 10.5. The zero-order valence-corrected chi connectivity index (χ0v) is 7.93. The first-order valence-electron chi connectivity index (χ1n) is 4.27. The quantitative estimate of drug-likeness (QED) is 0.712. The number of aryl methyl sites for hydroxylation is 1. The smallest absolute Gasteiger partial charge is 0.306 e. The van der Waals surface area contributed by atoms with Gasteiger partial charge in [0.2, 0.25) is 0 Å². The third-order valence-electron chi connectivity index (χ3n) is 1.94. The summed E-state index contributed by atoms with van der Waals surface area (Å²) in [5.74, 6) is 4.11. The van der Waals surface area contributed by atoms with Gasteiger partial charge in [-0.1, -0.05) is 29.8 Å². The minimum Gasteiger partial charge on any atom is -0.481 e. The summed E-state index contributed by atoms with van der Waals surface area (Å²) in [7, 11) is 0. The van der Waals surface area contributed by atoms with Gasteiger partial charge >= 0.3 is 5.97 Å². The molecular formula is C10H13NO3. The predicted molar refractivity (Wildman–Crippen MR) is 51.4 cm³/mol. The summed E-state index contributed by atoms with van der Waals surface area (Å²) in [6.45, 7) is 1.93. The Morgan fingerprint density at radius 3 is 2.86 bits per heavy atom. The molecule has 1 aromatic carbocycles. The third kappa shape index (κ3) is 2.83. The van der Waals surface area contributed by atoms with Crippen molar-refractivity contribution in [2.45, 2.75) is 19.4 Å². The topological polar surface area (TPSA) is 72.5 Å². The van der Waals surface area contributed by atoms with Gasteiger partial charge < -0.3 is 5.11 Å². The second-order valence-electron chi connectivity index (χ2n) is 3.14. The van der Waals surface area contributed by atoms with Crippen molar-refractivity contribution in [1.29, 1.82) is 0 Å². The maximum Gasteiger partial charge on any atom is 0.306 e. The molecule has 0 aliphatic carbocycles. The van der Waals surface area contributed by atoms with Gasteiger partial charge in [0.25, 0.3) is 0 Å². The molecule has 0 fully saturated rings. The fraction of sp³-hybridized carbons (Fsp3) is 0.300. The molecule has 0 radical (unpaired) electrons. The monoisotopic (exact) mass is 195 g/mol. The Bertz CT molecular complexity index is 325. The first kappa shape index (κ1) is 10.7. The Morgan fingerprint density at radius 2 is 2.36 bits per heavy atom. The van der Waals surface area contributed by atoms with Gasteiger partial charge in [0.15, 0.2) is 0 Å². The van der Waals surface area contributed by atoms with Crippen molar-refractivity contribution in [3.8, 4) is 0 Å². The second-order valence-corrected chi connectivity index (χ2v) is 3.14. The van der Waals surface area contributed by atoms with E-state index in [4.69, 9.17) is 11.0 Å². The normalized spacial score (nSPS) is 12.4. The van der Waals surface area contributed by atoms with Crippen LogP contribution in [0.2, 0.25) is 0 Å². The van der Waals surface area contributed by atoms with Crippen LogP contribution < -0.4 is 5.90 Å². The van der Waals surface area contributed by atoms with Gasteiger partial charge in [-0.15, -0.1) is 0 Å². The fourth-order valence-corrected chi connectivity index (χ4v) is 1.27. The van der Waals surface area contributed by atoms with Crippen LogP contribution in [0.4, 0.5) is 0 Å². The van der Waals surface area contributed by atoms with Crippen LogP contribution >= 0.6 is 0 Å². The molecule has 0 spiro atoms. The first-order chi connectivity index (χ1) is 6.63. The Morgan fingerprint density at radius 1 is 1.64 bits per heavy atom. The summed E-state index contributed by atoms with van der Waals surface area (Å²) < 4.78 is 0. The van der Waals surface area contributed by atoms with Gasteiger partial charge in [-0.05, 0) is 12.5 Å². The summed E-state index contributed by atoms with van der Waals surface area (Å²) in [6, 6.07) is 7.43. The van der Waals surface area contributed by atoms with Crippen molar-refractivity contribution in [2.75, 3.05) is 0 Å². The number of nitrogens with two attached hydrogens (primary N) is 1. The SMILES string of the molecule is Cc1cccc(C(CC(=O)O)ON)c1. The van der Waals surface area contributed by atoms with Crippen LogP contribution in [0, 0.1) is 6.92 Å². The number of aliphatic carboxylic acids is 1. The lowest BCUT2D eigenvalue weighted by Crippen LogP contribution is -2.13. The lowest BCUT2D eigenvalue weighted by molar-refractivity contribution is -0.140. The predicted octanol–water partition coefficient (Wildman–Crippen LogP) is 1.40. The number of rotatable bonds is 4. The summed E-state index contributed by atoms with van der Waals surface area (Å²) in [4.78, 5) is 15.1. The molecular weight excluding hydrogens is 182 g/mol. The van der Waals surface area contributed by atoms with E-state index in [0.29, 0.717) is 0 Å².